The molecule has 0 unspecified atom stereocenters. The van der Waals surface area contributed by atoms with Crippen molar-refractivity contribution in [3.8, 4) is 22.3 Å². The van der Waals surface area contributed by atoms with E-state index in [2.05, 4.69) is 133 Å². The Morgan fingerprint density at radius 1 is 0.326 bits per heavy atom. The van der Waals surface area contributed by atoms with E-state index in [9.17, 15) is 4.79 Å². The molecular weight excluding hydrogens is 541 g/mol. The molecule has 0 aliphatic heterocycles. The van der Waals surface area contributed by atoms with E-state index in [0.29, 0.717) is 0 Å². The quantitative estimate of drug-likeness (QED) is 0.151. The first-order chi connectivity index (χ1) is 21.2. The lowest BCUT2D eigenvalue weighted by molar-refractivity contribution is 1.67. The third kappa shape index (κ3) is 3.88. The molecule has 43 heavy (non-hydrogen) atoms. The van der Waals surface area contributed by atoms with Crippen LogP contribution in [0.25, 0.3) is 85.5 Å². The standard InChI is InChI=1S/C41H24OS/c42-41-37-19-15-29(27-13-17-35-31(21-27)11-9-25-5-1-3-7-33(25)35)23-39(37)43-40-24-30(16-20-38(40)41)28-14-18-36-32(22-28)12-10-26-6-2-4-8-34(26)36/h1-24H. The molecule has 0 fully saturated rings. The molecule has 9 rings (SSSR count). The molecule has 2 heteroatoms. The number of hydrogen-bond acceptors (Lipinski definition) is 2. The maximum absolute atomic E-state index is 13.6. The minimum atomic E-state index is 0.0943. The molecule has 0 atom stereocenters. The van der Waals surface area contributed by atoms with Gasteiger partial charge in [-0.15, -0.1) is 11.3 Å². The summed E-state index contributed by atoms with van der Waals surface area (Å²) in [5.41, 5.74) is 4.64. The number of hydrogen-bond donors (Lipinski definition) is 0. The van der Waals surface area contributed by atoms with E-state index in [1.807, 2.05) is 12.1 Å². The van der Waals surface area contributed by atoms with Crippen molar-refractivity contribution in [2.45, 2.75) is 0 Å². The number of benzene rings is 8. The van der Waals surface area contributed by atoms with Gasteiger partial charge in [0.25, 0.3) is 0 Å². The molecule has 0 amide bonds. The van der Waals surface area contributed by atoms with E-state index in [1.165, 1.54) is 43.1 Å². The lowest BCUT2D eigenvalue weighted by Gasteiger charge is -2.10. The maximum atomic E-state index is 13.6. The number of fused-ring (bicyclic) bond motifs is 8. The van der Waals surface area contributed by atoms with E-state index in [4.69, 9.17) is 0 Å². The second-order valence-corrected chi connectivity index (χ2v) is 12.4. The Kier molecular flexibility index (Phi) is 5.29. The summed E-state index contributed by atoms with van der Waals surface area (Å²) in [6.07, 6.45) is 0. The lowest BCUT2D eigenvalue weighted by atomic mass is 9.97. The van der Waals surface area contributed by atoms with E-state index < -0.39 is 0 Å². The molecule has 1 nitrogen and oxygen atoms in total. The molecule has 200 valence electrons. The highest BCUT2D eigenvalue weighted by Crippen LogP contribution is 2.35. The zero-order valence-corrected chi connectivity index (χ0v) is 24.0. The van der Waals surface area contributed by atoms with Gasteiger partial charge in [0, 0.05) is 20.2 Å². The maximum Gasteiger partial charge on any atom is 0.195 e. The Morgan fingerprint density at radius 3 is 1.19 bits per heavy atom. The summed E-state index contributed by atoms with van der Waals surface area (Å²) < 4.78 is 2.02. The summed E-state index contributed by atoms with van der Waals surface area (Å²) >= 11 is 1.69. The highest BCUT2D eigenvalue weighted by atomic mass is 32.1. The molecule has 1 aromatic heterocycles. The van der Waals surface area contributed by atoms with Gasteiger partial charge in [-0.3, -0.25) is 4.79 Å². The fraction of sp³-hybridized carbons (Fsp3) is 0. The smallest absolute Gasteiger partial charge is 0.195 e. The van der Waals surface area contributed by atoms with Crippen LogP contribution in [-0.4, -0.2) is 0 Å². The summed E-state index contributed by atoms with van der Waals surface area (Å²) in [5, 5.41) is 11.5. The van der Waals surface area contributed by atoms with Crippen LogP contribution in [0.3, 0.4) is 0 Å². The van der Waals surface area contributed by atoms with Crippen molar-refractivity contribution in [1.82, 2.24) is 0 Å². The van der Waals surface area contributed by atoms with Crippen molar-refractivity contribution >= 4 is 74.6 Å². The average molecular weight is 565 g/mol. The minimum Gasteiger partial charge on any atom is -0.289 e. The van der Waals surface area contributed by atoms with Gasteiger partial charge in [-0.05, 0) is 102 Å². The summed E-state index contributed by atoms with van der Waals surface area (Å²) in [7, 11) is 0. The molecule has 0 bridgehead atoms. The van der Waals surface area contributed by atoms with Crippen molar-refractivity contribution in [2.24, 2.45) is 0 Å². The Balaban J connectivity index is 1.16. The first kappa shape index (κ1) is 24.3. The largest absolute Gasteiger partial charge is 0.289 e. The predicted molar refractivity (Wildman–Crippen MR) is 186 cm³/mol. The van der Waals surface area contributed by atoms with Gasteiger partial charge in [0.05, 0.1) is 0 Å². The van der Waals surface area contributed by atoms with Gasteiger partial charge >= 0.3 is 0 Å². The van der Waals surface area contributed by atoms with Crippen LogP contribution >= 0.6 is 11.3 Å². The lowest BCUT2D eigenvalue weighted by Crippen LogP contribution is -2.01. The molecule has 1 heterocycles. The SMILES string of the molecule is O=c1c2ccc(-c3ccc4c(ccc5ccccc54)c3)cc2sc2cc(-c3ccc4c(ccc5ccccc54)c3)ccc12. The van der Waals surface area contributed by atoms with Gasteiger partial charge in [0.15, 0.2) is 5.43 Å². The molecule has 0 spiro atoms. The molecule has 0 saturated heterocycles. The van der Waals surface area contributed by atoms with E-state index >= 15 is 0 Å². The molecule has 9 aromatic rings. The van der Waals surface area contributed by atoms with Crippen LogP contribution in [-0.2, 0) is 0 Å². The molecular formula is C41H24OS. The van der Waals surface area contributed by atoms with Gasteiger partial charge in [0.1, 0.15) is 0 Å². The zero-order chi connectivity index (χ0) is 28.5. The summed E-state index contributed by atoms with van der Waals surface area (Å²) in [5.74, 6) is 0. The molecule has 0 N–H and O–H groups in total. The van der Waals surface area contributed by atoms with Crippen LogP contribution in [0.1, 0.15) is 0 Å². The molecule has 0 aliphatic carbocycles. The Bertz CT molecular complexity index is 2460. The number of rotatable bonds is 2. The Hall–Kier alpha value is -5.31. The monoisotopic (exact) mass is 564 g/mol. The fourth-order valence-corrected chi connectivity index (χ4v) is 7.75. The van der Waals surface area contributed by atoms with Crippen molar-refractivity contribution in [2.75, 3.05) is 0 Å². The van der Waals surface area contributed by atoms with Gasteiger partial charge < -0.3 is 0 Å². The van der Waals surface area contributed by atoms with Gasteiger partial charge in [-0.25, -0.2) is 0 Å². The van der Waals surface area contributed by atoms with Crippen LogP contribution in [0.15, 0.2) is 150 Å². The first-order valence-corrected chi connectivity index (χ1v) is 15.4. The third-order valence-corrected chi connectivity index (χ3v) is 9.94. The summed E-state index contributed by atoms with van der Waals surface area (Å²) in [6.45, 7) is 0. The highest BCUT2D eigenvalue weighted by molar-refractivity contribution is 7.24. The zero-order valence-electron chi connectivity index (χ0n) is 23.2. The second-order valence-electron chi connectivity index (χ2n) is 11.3. The van der Waals surface area contributed by atoms with E-state index in [0.717, 1.165) is 42.4 Å². The van der Waals surface area contributed by atoms with Crippen LogP contribution in [0.4, 0.5) is 0 Å². The predicted octanol–water partition coefficient (Wildman–Crippen LogP) is 11.4. The van der Waals surface area contributed by atoms with E-state index in [1.54, 1.807) is 11.3 Å². The summed E-state index contributed by atoms with van der Waals surface area (Å²) in [4.78, 5) is 13.6. The second kappa shape index (κ2) is 9.35. The Morgan fingerprint density at radius 2 is 0.698 bits per heavy atom. The van der Waals surface area contributed by atoms with Crippen LogP contribution < -0.4 is 5.43 Å². The van der Waals surface area contributed by atoms with Crippen molar-refractivity contribution in [3.63, 3.8) is 0 Å². The van der Waals surface area contributed by atoms with Crippen LogP contribution in [0.2, 0.25) is 0 Å². The van der Waals surface area contributed by atoms with Crippen LogP contribution in [0.5, 0.6) is 0 Å². The third-order valence-electron chi connectivity index (χ3n) is 8.83. The van der Waals surface area contributed by atoms with Crippen LogP contribution in [0, 0.1) is 0 Å². The highest BCUT2D eigenvalue weighted by Gasteiger charge is 2.11. The summed E-state index contributed by atoms with van der Waals surface area (Å²) in [6, 6.07) is 51.7. The van der Waals surface area contributed by atoms with Gasteiger partial charge in [-0.2, -0.15) is 0 Å². The fourth-order valence-electron chi connectivity index (χ4n) is 6.60. The minimum absolute atomic E-state index is 0.0943. The molecule has 0 saturated carbocycles. The topological polar surface area (TPSA) is 17.1 Å². The van der Waals surface area contributed by atoms with Crippen molar-refractivity contribution in [3.05, 3.63) is 156 Å². The average Bonchev–Trinajstić information content (AvgIpc) is 3.07. The molecule has 8 aromatic carbocycles. The van der Waals surface area contributed by atoms with Crippen molar-refractivity contribution < 1.29 is 0 Å². The molecule has 0 radical (unpaired) electrons. The normalized spacial score (nSPS) is 11.8. The van der Waals surface area contributed by atoms with Gasteiger partial charge in [-0.1, -0.05) is 109 Å². The van der Waals surface area contributed by atoms with Crippen molar-refractivity contribution in [1.29, 1.82) is 0 Å². The Labute approximate surface area is 251 Å². The molecule has 0 aliphatic rings. The van der Waals surface area contributed by atoms with E-state index in [-0.39, 0.29) is 5.43 Å². The van der Waals surface area contributed by atoms with Gasteiger partial charge in [0.2, 0.25) is 0 Å². The first-order valence-electron chi connectivity index (χ1n) is 14.5.